The summed E-state index contributed by atoms with van der Waals surface area (Å²) in [5, 5.41) is 11.8. The van der Waals surface area contributed by atoms with E-state index in [9.17, 15) is 13.2 Å². The molecule has 1 aromatic carbocycles. The molecule has 0 spiro atoms. The fourth-order valence-electron chi connectivity index (χ4n) is 3.25. The predicted molar refractivity (Wildman–Crippen MR) is 99.8 cm³/mol. The zero-order valence-electron chi connectivity index (χ0n) is 14.5. The Balaban J connectivity index is 1.36. The Hall–Kier alpha value is -2.95. The number of piperazine rings is 1. The number of fused-ring (bicyclic) bond motifs is 2. The molecule has 7 nitrogen and oxygen atoms in total. The molecule has 1 aliphatic rings. The molecule has 4 aromatic rings. The minimum atomic E-state index is -4.60. The molecule has 0 bridgehead atoms. The van der Waals surface area contributed by atoms with Crippen LogP contribution in [0.2, 0.25) is 0 Å². The van der Waals surface area contributed by atoms with E-state index in [2.05, 4.69) is 25.2 Å². The van der Waals surface area contributed by atoms with Crippen molar-refractivity contribution in [3.8, 4) is 0 Å². The summed E-state index contributed by atoms with van der Waals surface area (Å²) in [5.74, 6) is -0.640. The number of benzene rings is 1. The van der Waals surface area contributed by atoms with Crippen LogP contribution in [0, 0.1) is 0 Å². The molecule has 11 heteroatoms. The van der Waals surface area contributed by atoms with Gasteiger partial charge in [0, 0.05) is 26.2 Å². The van der Waals surface area contributed by atoms with Gasteiger partial charge in [-0.3, -0.25) is 0 Å². The number of hydrogen-bond donors (Lipinski definition) is 0. The van der Waals surface area contributed by atoms with E-state index in [0.717, 1.165) is 19.9 Å². The van der Waals surface area contributed by atoms with E-state index in [1.54, 1.807) is 17.4 Å². The van der Waals surface area contributed by atoms with Crippen LogP contribution in [0.4, 0.5) is 24.1 Å². The van der Waals surface area contributed by atoms with Crippen LogP contribution in [0.5, 0.6) is 0 Å². The molecule has 0 aliphatic carbocycles. The van der Waals surface area contributed by atoms with E-state index < -0.39 is 12.0 Å². The average Bonchev–Trinajstić information content (AvgIpc) is 3.31. The van der Waals surface area contributed by atoms with Crippen LogP contribution in [0.25, 0.3) is 15.9 Å². The lowest BCUT2D eigenvalue weighted by Gasteiger charge is -2.35. The zero-order valence-corrected chi connectivity index (χ0v) is 15.3. The average molecular weight is 405 g/mol. The first-order valence-corrected chi connectivity index (χ1v) is 9.46. The summed E-state index contributed by atoms with van der Waals surface area (Å²) in [6.45, 7) is 2.71. The van der Waals surface area contributed by atoms with Crippen LogP contribution in [0.3, 0.4) is 0 Å². The molecular formula is C17H14F3N7S. The number of thiazole rings is 1. The van der Waals surface area contributed by atoms with Gasteiger partial charge in [0.25, 0.3) is 5.82 Å². The fraction of sp³-hybridized carbons (Fsp3) is 0.294. The van der Waals surface area contributed by atoms with Gasteiger partial charge in [0.15, 0.2) is 10.8 Å². The van der Waals surface area contributed by atoms with Crippen molar-refractivity contribution >= 4 is 38.2 Å². The minimum absolute atomic E-state index is 0.0733. The van der Waals surface area contributed by atoms with E-state index in [-0.39, 0.29) is 5.65 Å². The first-order valence-electron chi connectivity index (χ1n) is 8.64. The lowest BCUT2D eigenvalue weighted by Crippen LogP contribution is -2.47. The molecule has 1 aliphatic heterocycles. The Morgan fingerprint density at radius 3 is 2.39 bits per heavy atom. The Morgan fingerprint density at radius 1 is 0.893 bits per heavy atom. The molecule has 0 amide bonds. The number of aromatic nitrogens is 5. The Labute approximate surface area is 161 Å². The number of halogens is 3. The molecule has 0 radical (unpaired) electrons. The lowest BCUT2D eigenvalue weighted by atomic mass is 10.3. The van der Waals surface area contributed by atoms with Crippen LogP contribution in [0.1, 0.15) is 5.82 Å². The van der Waals surface area contributed by atoms with Gasteiger partial charge in [-0.05, 0) is 24.3 Å². The zero-order chi connectivity index (χ0) is 19.3. The van der Waals surface area contributed by atoms with Crippen LogP contribution < -0.4 is 9.80 Å². The largest absolute Gasteiger partial charge is 0.453 e. The standard InChI is InChI=1S/C17H14F3N7S/c18-17(19,20)15-23-22-13-5-6-14(24-27(13)15)25-7-9-26(10-8-25)16-21-11-3-1-2-4-12(11)28-16/h1-6H,7-10H2. The molecule has 0 unspecified atom stereocenters. The third kappa shape index (κ3) is 2.91. The van der Waals surface area contributed by atoms with Crippen LogP contribution in [-0.4, -0.2) is 51.0 Å². The van der Waals surface area contributed by atoms with E-state index >= 15 is 0 Å². The van der Waals surface area contributed by atoms with Crippen molar-refractivity contribution in [1.29, 1.82) is 0 Å². The number of para-hydroxylation sites is 1. The quantitative estimate of drug-likeness (QED) is 0.511. The summed E-state index contributed by atoms with van der Waals surface area (Å²) >= 11 is 1.64. The maximum Gasteiger partial charge on any atom is 0.453 e. The number of anilines is 2. The van der Waals surface area contributed by atoms with Gasteiger partial charge in [-0.15, -0.1) is 15.3 Å². The van der Waals surface area contributed by atoms with Crippen LogP contribution in [0.15, 0.2) is 36.4 Å². The van der Waals surface area contributed by atoms with Crippen LogP contribution in [-0.2, 0) is 6.18 Å². The van der Waals surface area contributed by atoms with Gasteiger partial charge in [-0.25, -0.2) is 4.98 Å². The predicted octanol–water partition coefficient (Wildman–Crippen LogP) is 3.08. The number of hydrogen-bond acceptors (Lipinski definition) is 7. The van der Waals surface area contributed by atoms with Crippen molar-refractivity contribution in [3.63, 3.8) is 0 Å². The van der Waals surface area contributed by atoms with Gasteiger partial charge in [-0.1, -0.05) is 23.5 Å². The van der Waals surface area contributed by atoms with E-state index in [1.807, 2.05) is 29.2 Å². The molecule has 4 heterocycles. The number of alkyl halides is 3. The highest BCUT2D eigenvalue weighted by Gasteiger charge is 2.37. The molecule has 1 saturated heterocycles. The fourth-order valence-corrected chi connectivity index (χ4v) is 4.26. The number of nitrogens with zero attached hydrogens (tertiary/aromatic N) is 7. The van der Waals surface area contributed by atoms with E-state index in [0.29, 0.717) is 32.0 Å². The lowest BCUT2D eigenvalue weighted by molar-refractivity contribution is -0.146. The van der Waals surface area contributed by atoms with Crippen molar-refractivity contribution in [1.82, 2.24) is 24.8 Å². The monoisotopic (exact) mass is 405 g/mol. The van der Waals surface area contributed by atoms with Gasteiger partial charge in [-0.2, -0.15) is 17.7 Å². The van der Waals surface area contributed by atoms with Crippen LogP contribution >= 0.6 is 11.3 Å². The summed E-state index contributed by atoms with van der Waals surface area (Å²) in [5.41, 5.74) is 1.05. The van der Waals surface area contributed by atoms with Crippen molar-refractivity contribution in [2.24, 2.45) is 0 Å². The summed E-state index contributed by atoms with van der Waals surface area (Å²) < 4.78 is 41.1. The highest BCUT2D eigenvalue weighted by Crippen LogP contribution is 2.30. The molecule has 5 rings (SSSR count). The molecule has 0 saturated carbocycles. The topological polar surface area (TPSA) is 62.5 Å². The van der Waals surface area contributed by atoms with Gasteiger partial charge < -0.3 is 9.80 Å². The summed E-state index contributed by atoms with van der Waals surface area (Å²) in [6.07, 6.45) is -4.60. The van der Waals surface area contributed by atoms with Crippen molar-refractivity contribution in [2.75, 3.05) is 36.0 Å². The summed E-state index contributed by atoms with van der Waals surface area (Å²) in [6, 6.07) is 11.2. The third-order valence-corrected chi connectivity index (χ3v) is 5.76. The molecule has 1 fully saturated rings. The minimum Gasteiger partial charge on any atom is -0.352 e. The molecule has 0 atom stereocenters. The smallest absolute Gasteiger partial charge is 0.352 e. The first-order chi connectivity index (χ1) is 13.5. The van der Waals surface area contributed by atoms with Gasteiger partial charge in [0.1, 0.15) is 5.82 Å². The Morgan fingerprint density at radius 2 is 1.64 bits per heavy atom. The highest BCUT2D eigenvalue weighted by atomic mass is 32.1. The van der Waals surface area contributed by atoms with Gasteiger partial charge in [0.2, 0.25) is 0 Å². The van der Waals surface area contributed by atoms with Crippen molar-refractivity contribution in [2.45, 2.75) is 6.18 Å². The molecular weight excluding hydrogens is 391 g/mol. The van der Waals surface area contributed by atoms with Crippen molar-refractivity contribution in [3.05, 3.63) is 42.2 Å². The van der Waals surface area contributed by atoms with E-state index in [1.165, 1.54) is 6.07 Å². The second kappa shape index (κ2) is 6.30. The van der Waals surface area contributed by atoms with E-state index in [4.69, 9.17) is 0 Å². The second-order valence-corrected chi connectivity index (χ2v) is 7.43. The Bertz CT molecular complexity index is 1110. The normalized spacial score (nSPS) is 15.7. The summed E-state index contributed by atoms with van der Waals surface area (Å²) in [4.78, 5) is 8.83. The highest BCUT2D eigenvalue weighted by molar-refractivity contribution is 7.22. The maximum absolute atomic E-state index is 13.1. The van der Waals surface area contributed by atoms with Crippen molar-refractivity contribution < 1.29 is 13.2 Å². The van der Waals surface area contributed by atoms with Gasteiger partial charge in [0.05, 0.1) is 10.2 Å². The SMILES string of the molecule is FC(F)(F)c1nnc2ccc(N3CCN(c4nc5ccccc5s4)CC3)nn12. The Kier molecular flexibility index (Phi) is 3.86. The third-order valence-electron chi connectivity index (χ3n) is 4.66. The summed E-state index contributed by atoms with van der Waals surface area (Å²) in [7, 11) is 0. The molecule has 3 aromatic heterocycles. The maximum atomic E-state index is 13.1. The molecule has 0 N–H and O–H groups in total. The van der Waals surface area contributed by atoms with Gasteiger partial charge >= 0.3 is 6.18 Å². The molecule has 144 valence electrons. The molecule has 28 heavy (non-hydrogen) atoms. The number of rotatable bonds is 2. The second-order valence-electron chi connectivity index (χ2n) is 6.42. The first kappa shape index (κ1) is 17.2.